The number of hydrogen-bond donors (Lipinski definition) is 1. The van der Waals surface area contributed by atoms with Crippen LogP contribution in [0.25, 0.3) is 0 Å². The van der Waals surface area contributed by atoms with Crippen LogP contribution in [-0.4, -0.2) is 32.3 Å². The Labute approximate surface area is 122 Å². The topological polar surface area (TPSA) is 24.5 Å². The van der Waals surface area contributed by atoms with E-state index in [1.807, 2.05) is 13.0 Å². The number of nitrogens with zero attached hydrogens (tertiary/aromatic N) is 1. The minimum Gasteiger partial charge on any atom is -0.494 e. The van der Waals surface area contributed by atoms with Crippen LogP contribution in [0.5, 0.6) is 5.75 Å². The monoisotopic (exact) mass is 274 g/mol. The molecule has 0 aromatic heterocycles. The summed E-state index contributed by atoms with van der Waals surface area (Å²) in [6.07, 6.45) is 1.33. The van der Waals surface area contributed by atoms with E-state index in [1.54, 1.807) is 0 Å². The number of fused-ring (bicyclic) bond motifs is 4. The molecule has 0 unspecified atom stereocenters. The Kier molecular flexibility index (Phi) is 3.63. The van der Waals surface area contributed by atoms with Crippen LogP contribution in [0.2, 0.25) is 0 Å². The van der Waals surface area contributed by atoms with Gasteiger partial charge in [-0.2, -0.15) is 0 Å². The molecule has 3 saturated heterocycles. The van der Waals surface area contributed by atoms with Gasteiger partial charge in [0.2, 0.25) is 0 Å². The molecule has 3 nitrogen and oxygen atoms in total. The van der Waals surface area contributed by atoms with E-state index in [9.17, 15) is 0 Å². The third kappa shape index (κ3) is 2.51. The van der Waals surface area contributed by atoms with Gasteiger partial charge in [-0.1, -0.05) is 19.9 Å². The van der Waals surface area contributed by atoms with Crippen molar-refractivity contribution in [3.8, 4) is 5.75 Å². The van der Waals surface area contributed by atoms with Crippen LogP contribution in [0.4, 0.5) is 5.69 Å². The van der Waals surface area contributed by atoms with E-state index in [4.69, 9.17) is 4.74 Å². The second kappa shape index (κ2) is 5.28. The van der Waals surface area contributed by atoms with Crippen LogP contribution in [-0.2, 0) is 0 Å². The number of rotatable bonds is 3. The van der Waals surface area contributed by atoms with Crippen molar-refractivity contribution in [2.75, 3.05) is 31.1 Å². The van der Waals surface area contributed by atoms with Crippen molar-refractivity contribution in [2.45, 2.75) is 33.2 Å². The van der Waals surface area contributed by atoms with Gasteiger partial charge in [-0.3, -0.25) is 0 Å². The number of ether oxygens (including phenoxy) is 1. The molecule has 4 rings (SSSR count). The zero-order valence-electron chi connectivity index (χ0n) is 12.9. The lowest BCUT2D eigenvalue weighted by molar-refractivity contribution is 0.192. The van der Waals surface area contributed by atoms with Crippen LogP contribution in [0, 0.1) is 11.3 Å². The van der Waals surface area contributed by atoms with Crippen LogP contribution in [0.15, 0.2) is 24.3 Å². The Morgan fingerprint density at radius 1 is 1.35 bits per heavy atom. The van der Waals surface area contributed by atoms with Gasteiger partial charge in [0, 0.05) is 30.9 Å². The molecule has 0 radical (unpaired) electrons. The van der Waals surface area contributed by atoms with Gasteiger partial charge in [-0.05, 0) is 43.4 Å². The fraction of sp³-hybridized carbons (Fsp3) is 0.647. The fourth-order valence-corrected chi connectivity index (χ4v) is 3.92. The summed E-state index contributed by atoms with van der Waals surface area (Å²) >= 11 is 0. The molecule has 110 valence electrons. The quantitative estimate of drug-likeness (QED) is 0.917. The fourth-order valence-electron chi connectivity index (χ4n) is 3.92. The molecule has 2 atom stereocenters. The molecule has 1 N–H and O–H groups in total. The summed E-state index contributed by atoms with van der Waals surface area (Å²) in [5.74, 6) is 1.73. The Hall–Kier alpha value is -1.22. The van der Waals surface area contributed by atoms with Gasteiger partial charge in [0.1, 0.15) is 5.75 Å². The summed E-state index contributed by atoms with van der Waals surface area (Å²) in [7, 11) is 0. The first-order valence-electron chi connectivity index (χ1n) is 7.80. The maximum absolute atomic E-state index is 5.66. The van der Waals surface area contributed by atoms with E-state index in [-0.39, 0.29) is 0 Å². The van der Waals surface area contributed by atoms with Gasteiger partial charge in [0.25, 0.3) is 0 Å². The standard InChI is InChI=1S/C17H26N2O/c1-4-20-15-7-5-6-14(8-15)19-12-13-9-17(2,3)16(19)11-18-10-13/h5-8,13,16,18H,4,9-12H2,1-3H3/t13-,16-/m1/s1. The van der Waals surface area contributed by atoms with Gasteiger partial charge >= 0.3 is 0 Å². The summed E-state index contributed by atoms with van der Waals surface area (Å²) < 4.78 is 5.66. The third-order valence-electron chi connectivity index (χ3n) is 4.78. The Balaban J connectivity index is 1.91. The van der Waals surface area contributed by atoms with Crippen molar-refractivity contribution < 1.29 is 4.74 Å². The van der Waals surface area contributed by atoms with E-state index >= 15 is 0 Å². The van der Waals surface area contributed by atoms with E-state index in [0.717, 1.165) is 37.9 Å². The van der Waals surface area contributed by atoms with Gasteiger partial charge in [-0.15, -0.1) is 0 Å². The number of benzene rings is 1. The predicted molar refractivity (Wildman–Crippen MR) is 83.5 cm³/mol. The van der Waals surface area contributed by atoms with Crippen molar-refractivity contribution in [1.82, 2.24) is 5.32 Å². The van der Waals surface area contributed by atoms with Crippen molar-refractivity contribution in [2.24, 2.45) is 11.3 Å². The zero-order chi connectivity index (χ0) is 14.2. The molecule has 3 aliphatic rings. The lowest BCUT2D eigenvalue weighted by Crippen LogP contribution is -2.53. The summed E-state index contributed by atoms with van der Waals surface area (Å²) in [4.78, 5) is 2.59. The highest BCUT2D eigenvalue weighted by molar-refractivity contribution is 5.53. The minimum absolute atomic E-state index is 0.369. The lowest BCUT2D eigenvalue weighted by Gasteiger charge is -2.48. The maximum Gasteiger partial charge on any atom is 0.121 e. The Bertz CT molecular complexity index is 472. The average molecular weight is 274 g/mol. The summed E-state index contributed by atoms with van der Waals surface area (Å²) in [5, 5.41) is 3.63. The third-order valence-corrected chi connectivity index (χ3v) is 4.78. The van der Waals surface area contributed by atoms with Crippen LogP contribution >= 0.6 is 0 Å². The number of anilines is 1. The van der Waals surface area contributed by atoms with Gasteiger partial charge in [0.05, 0.1) is 6.61 Å². The van der Waals surface area contributed by atoms with E-state index < -0.39 is 0 Å². The summed E-state index contributed by atoms with van der Waals surface area (Å²) in [6, 6.07) is 9.14. The minimum atomic E-state index is 0.369. The first kappa shape index (κ1) is 13.7. The molecule has 0 spiro atoms. The molecule has 3 heteroatoms. The van der Waals surface area contributed by atoms with Crippen LogP contribution in [0.1, 0.15) is 27.2 Å². The molecular formula is C17H26N2O. The molecule has 0 aliphatic carbocycles. The summed E-state index contributed by atoms with van der Waals surface area (Å²) in [6.45, 7) is 11.0. The molecule has 1 aromatic carbocycles. The molecule has 3 heterocycles. The Morgan fingerprint density at radius 3 is 3.00 bits per heavy atom. The maximum atomic E-state index is 5.66. The summed E-state index contributed by atoms with van der Waals surface area (Å²) in [5.41, 5.74) is 1.68. The molecule has 0 saturated carbocycles. The normalized spacial score (nSPS) is 28.2. The lowest BCUT2D eigenvalue weighted by atomic mass is 9.73. The second-order valence-corrected chi connectivity index (χ2v) is 6.82. The first-order valence-corrected chi connectivity index (χ1v) is 7.80. The highest BCUT2D eigenvalue weighted by atomic mass is 16.5. The largest absolute Gasteiger partial charge is 0.494 e. The predicted octanol–water partition coefficient (Wildman–Crippen LogP) is 2.91. The first-order chi connectivity index (χ1) is 9.60. The van der Waals surface area contributed by atoms with E-state index in [2.05, 4.69) is 42.3 Å². The highest BCUT2D eigenvalue weighted by Crippen LogP contribution is 2.41. The Morgan fingerprint density at radius 2 is 2.20 bits per heavy atom. The van der Waals surface area contributed by atoms with Crippen LogP contribution in [0.3, 0.4) is 0 Å². The van der Waals surface area contributed by atoms with Crippen molar-refractivity contribution in [1.29, 1.82) is 0 Å². The van der Waals surface area contributed by atoms with Crippen molar-refractivity contribution in [3.05, 3.63) is 24.3 Å². The molecule has 1 aromatic rings. The molecule has 20 heavy (non-hydrogen) atoms. The number of nitrogens with one attached hydrogen (secondary N) is 1. The smallest absolute Gasteiger partial charge is 0.121 e. The number of piperidine rings is 1. The average Bonchev–Trinajstić information content (AvgIpc) is 2.69. The van der Waals surface area contributed by atoms with Gasteiger partial charge in [-0.25, -0.2) is 0 Å². The second-order valence-electron chi connectivity index (χ2n) is 6.82. The molecule has 2 bridgehead atoms. The van der Waals surface area contributed by atoms with Gasteiger partial charge < -0.3 is 15.0 Å². The van der Waals surface area contributed by atoms with Crippen molar-refractivity contribution in [3.63, 3.8) is 0 Å². The molecule has 3 fully saturated rings. The SMILES string of the molecule is CCOc1cccc(N2C[C@H]3CNC[C@@H]2C(C)(C)C3)c1. The van der Waals surface area contributed by atoms with Crippen molar-refractivity contribution >= 4 is 5.69 Å². The zero-order valence-corrected chi connectivity index (χ0v) is 12.9. The van der Waals surface area contributed by atoms with Gasteiger partial charge in [0.15, 0.2) is 0 Å². The van der Waals surface area contributed by atoms with E-state index in [1.165, 1.54) is 12.1 Å². The molecule has 3 aliphatic heterocycles. The van der Waals surface area contributed by atoms with E-state index in [0.29, 0.717) is 11.5 Å². The molecular weight excluding hydrogens is 248 g/mol. The van der Waals surface area contributed by atoms with Crippen LogP contribution < -0.4 is 15.0 Å². The molecule has 0 amide bonds. The highest BCUT2D eigenvalue weighted by Gasteiger charge is 2.43. The number of hydrogen-bond acceptors (Lipinski definition) is 3.